The highest BCUT2D eigenvalue weighted by molar-refractivity contribution is 6.31. The van der Waals surface area contributed by atoms with Crippen molar-refractivity contribution in [2.75, 3.05) is 6.54 Å². The molecule has 0 aliphatic carbocycles. The van der Waals surface area contributed by atoms with Gasteiger partial charge in [-0.1, -0.05) is 42.8 Å². The average Bonchev–Trinajstić information content (AvgIpc) is 2.85. The van der Waals surface area contributed by atoms with E-state index in [4.69, 9.17) is 11.6 Å². The van der Waals surface area contributed by atoms with Crippen molar-refractivity contribution in [3.05, 3.63) is 46.2 Å². The van der Waals surface area contributed by atoms with Gasteiger partial charge < -0.3 is 5.32 Å². The van der Waals surface area contributed by atoms with Gasteiger partial charge in [0.1, 0.15) is 0 Å². The molecule has 0 saturated carbocycles. The quantitative estimate of drug-likeness (QED) is 0.888. The highest BCUT2D eigenvalue weighted by Gasteiger charge is 2.20. The van der Waals surface area contributed by atoms with Crippen molar-refractivity contribution in [3.8, 4) is 0 Å². The first-order valence-corrected chi connectivity index (χ1v) is 7.43. The summed E-state index contributed by atoms with van der Waals surface area (Å²) in [4.78, 5) is 0. The summed E-state index contributed by atoms with van der Waals surface area (Å²) >= 11 is 6.42. The number of hydrogen-bond donors (Lipinski definition) is 1. The molecule has 0 aliphatic rings. The summed E-state index contributed by atoms with van der Waals surface area (Å²) in [5, 5.41) is 12.5. The molecule has 5 heteroatoms. The van der Waals surface area contributed by atoms with Crippen LogP contribution in [-0.2, 0) is 6.54 Å². The molecule has 1 N–H and O–H groups in total. The summed E-state index contributed by atoms with van der Waals surface area (Å²) in [5.74, 6) is 0. The lowest BCUT2D eigenvalue weighted by Gasteiger charge is -2.20. The molecule has 1 unspecified atom stereocenters. The van der Waals surface area contributed by atoms with Gasteiger partial charge in [-0.25, -0.2) is 4.68 Å². The first-order chi connectivity index (χ1) is 9.67. The van der Waals surface area contributed by atoms with E-state index in [-0.39, 0.29) is 6.04 Å². The van der Waals surface area contributed by atoms with Crippen LogP contribution in [0.5, 0.6) is 0 Å². The molecule has 2 aromatic rings. The maximum absolute atomic E-state index is 6.42. The lowest BCUT2D eigenvalue weighted by Crippen LogP contribution is -2.25. The van der Waals surface area contributed by atoms with Crippen LogP contribution in [-0.4, -0.2) is 21.5 Å². The molecule has 0 saturated heterocycles. The van der Waals surface area contributed by atoms with Crippen LogP contribution in [0.25, 0.3) is 0 Å². The van der Waals surface area contributed by atoms with Gasteiger partial charge in [0.2, 0.25) is 0 Å². The Morgan fingerprint density at radius 2 is 2.15 bits per heavy atom. The molecule has 20 heavy (non-hydrogen) atoms. The van der Waals surface area contributed by atoms with Gasteiger partial charge in [-0.15, -0.1) is 5.10 Å². The fraction of sp³-hybridized carbons (Fsp3) is 0.467. The molecule has 0 radical (unpaired) electrons. The molecule has 2 rings (SSSR count). The van der Waals surface area contributed by atoms with E-state index in [0.29, 0.717) is 0 Å². The molecular weight excluding hydrogens is 272 g/mol. The number of rotatable bonds is 6. The van der Waals surface area contributed by atoms with Gasteiger partial charge in [-0.05, 0) is 37.1 Å². The Bertz CT molecular complexity index is 565. The van der Waals surface area contributed by atoms with Crippen molar-refractivity contribution in [1.29, 1.82) is 0 Å². The van der Waals surface area contributed by atoms with E-state index in [2.05, 4.69) is 41.6 Å². The van der Waals surface area contributed by atoms with Crippen molar-refractivity contribution >= 4 is 11.6 Å². The number of hydrogen-bond acceptors (Lipinski definition) is 3. The Kier molecular flexibility index (Phi) is 5.15. The third-order valence-corrected chi connectivity index (χ3v) is 3.58. The molecule has 1 heterocycles. The Balaban J connectivity index is 2.42. The van der Waals surface area contributed by atoms with E-state index in [0.717, 1.165) is 41.4 Å². The Labute approximate surface area is 125 Å². The monoisotopic (exact) mass is 292 g/mol. The lowest BCUT2D eigenvalue weighted by molar-refractivity contribution is 0.511. The second-order valence-electron chi connectivity index (χ2n) is 4.90. The van der Waals surface area contributed by atoms with E-state index in [9.17, 15) is 0 Å². The minimum absolute atomic E-state index is 0.0228. The van der Waals surface area contributed by atoms with Crippen molar-refractivity contribution in [2.45, 2.75) is 39.8 Å². The molecule has 0 bridgehead atoms. The van der Waals surface area contributed by atoms with Crippen LogP contribution >= 0.6 is 11.6 Å². The summed E-state index contributed by atoms with van der Waals surface area (Å²) in [6.07, 6.45) is 2.84. The molecule has 4 nitrogen and oxygen atoms in total. The third kappa shape index (κ3) is 3.19. The molecule has 108 valence electrons. The van der Waals surface area contributed by atoms with Crippen molar-refractivity contribution in [2.24, 2.45) is 0 Å². The molecule has 1 aromatic heterocycles. The van der Waals surface area contributed by atoms with Crippen LogP contribution in [0.15, 0.2) is 24.4 Å². The fourth-order valence-corrected chi connectivity index (χ4v) is 2.66. The minimum Gasteiger partial charge on any atom is -0.305 e. The summed E-state index contributed by atoms with van der Waals surface area (Å²) < 4.78 is 1.95. The van der Waals surface area contributed by atoms with Gasteiger partial charge in [-0.3, -0.25) is 0 Å². The second kappa shape index (κ2) is 6.86. The van der Waals surface area contributed by atoms with E-state index in [1.165, 1.54) is 0 Å². The van der Waals surface area contributed by atoms with Gasteiger partial charge in [0.15, 0.2) is 0 Å². The van der Waals surface area contributed by atoms with Gasteiger partial charge in [0, 0.05) is 11.6 Å². The molecule has 1 atom stereocenters. The first-order valence-electron chi connectivity index (χ1n) is 7.05. The number of aryl methyl sites for hydroxylation is 2. The third-order valence-electron chi connectivity index (χ3n) is 3.25. The number of nitrogens with zero attached hydrogens (tertiary/aromatic N) is 3. The first kappa shape index (κ1) is 15.0. The van der Waals surface area contributed by atoms with Gasteiger partial charge >= 0.3 is 0 Å². The topological polar surface area (TPSA) is 42.7 Å². The zero-order valence-corrected chi connectivity index (χ0v) is 13.0. The molecule has 0 amide bonds. The summed E-state index contributed by atoms with van der Waals surface area (Å²) in [7, 11) is 0. The van der Waals surface area contributed by atoms with Gasteiger partial charge in [0.25, 0.3) is 0 Å². The van der Waals surface area contributed by atoms with Crippen LogP contribution < -0.4 is 5.32 Å². The second-order valence-corrected chi connectivity index (χ2v) is 5.30. The molecule has 0 spiro atoms. The SMILES string of the molecule is CCCn1nncc1C(NCC)c1ccc(C)cc1Cl. The van der Waals surface area contributed by atoms with Crippen LogP contribution in [0.4, 0.5) is 0 Å². The number of aromatic nitrogens is 3. The van der Waals surface area contributed by atoms with E-state index in [1.807, 2.05) is 23.9 Å². The van der Waals surface area contributed by atoms with Crippen LogP contribution in [0.2, 0.25) is 5.02 Å². The lowest BCUT2D eigenvalue weighted by atomic mass is 10.0. The maximum atomic E-state index is 6.42. The minimum atomic E-state index is 0.0228. The maximum Gasteiger partial charge on any atom is 0.0802 e. The predicted molar refractivity (Wildman–Crippen MR) is 82.0 cm³/mol. The predicted octanol–water partition coefficient (Wildman–Crippen LogP) is 3.35. The standard InChI is InChI=1S/C15H21ClN4/c1-4-8-20-14(10-18-19-20)15(17-5-2)12-7-6-11(3)9-13(12)16/h6-7,9-10,15,17H,4-5,8H2,1-3H3. The normalized spacial score (nSPS) is 12.6. The largest absolute Gasteiger partial charge is 0.305 e. The van der Waals surface area contributed by atoms with Gasteiger partial charge in [-0.2, -0.15) is 0 Å². The summed E-state index contributed by atoms with van der Waals surface area (Å²) in [6.45, 7) is 7.98. The highest BCUT2D eigenvalue weighted by atomic mass is 35.5. The number of halogens is 1. The number of nitrogens with one attached hydrogen (secondary N) is 1. The van der Waals surface area contributed by atoms with E-state index >= 15 is 0 Å². The molecular formula is C15H21ClN4. The van der Waals surface area contributed by atoms with Crippen molar-refractivity contribution in [3.63, 3.8) is 0 Å². The molecule has 0 fully saturated rings. The Morgan fingerprint density at radius 3 is 2.80 bits per heavy atom. The van der Waals surface area contributed by atoms with Crippen LogP contribution in [0.1, 0.15) is 43.1 Å². The van der Waals surface area contributed by atoms with Crippen molar-refractivity contribution in [1.82, 2.24) is 20.3 Å². The van der Waals surface area contributed by atoms with Crippen molar-refractivity contribution < 1.29 is 0 Å². The van der Waals surface area contributed by atoms with E-state index < -0.39 is 0 Å². The zero-order chi connectivity index (χ0) is 14.5. The van der Waals surface area contributed by atoms with Gasteiger partial charge in [0.05, 0.1) is 17.9 Å². The molecule has 0 aliphatic heterocycles. The number of benzene rings is 1. The highest BCUT2D eigenvalue weighted by Crippen LogP contribution is 2.28. The fourth-order valence-electron chi connectivity index (χ4n) is 2.32. The van der Waals surface area contributed by atoms with E-state index in [1.54, 1.807) is 0 Å². The Morgan fingerprint density at radius 1 is 1.35 bits per heavy atom. The summed E-state index contributed by atoms with van der Waals surface area (Å²) in [5.41, 5.74) is 3.28. The van der Waals surface area contributed by atoms with Crippen LogP contribution in [0, 0.1) is 6.92 Å². The smallest absolute Gasteiger partial charge is 0.0802 e. The zero-order valence-electron chi connectivity index (χ0n) is 12.2. The Hall–Kier alpha value is -1.39. The molecule has 1 aromatic carbocycles. The summed E-state index contributed by atoms with van der Waals surface area (Å²) in [6, 6.07) is 6.18. The average molecular weight is 293 g/mol. The van der Waals surface area contributed by atoms with Crippen LogP contribution in [0.3, 0.4) is 0 Å².